The SMILES string of the molecule is CCOC(=O)C1=C(COCCN)NC2=C(C(=O)CC(C)(C)C2)C1c1ccc(C)o1. The number of aryl methyl sites for hydroxylation is 1. The van der Waals surface area contributed by atoms with Crippen LogP contribution in [0.25, 0.3) is 0 Å². The number of hydrogen-bond acceptors (Lipinski definition) is 7. The lowest BCUT2D eigenvalue weighted by molar-refractivity contribution is -0.139. The maximum Gasteiger partial charge on any atom is 0.336 e. The van der Waals surface area contributed by atoms with E-state index in [0.29, 0.717) is 54.4 Å². The van der Waals surface area contributed by atoms with Crippen LogP contribution in [0.2, 0.25) is 0 Å². The summed E-state index contributed by atoms with van der Waals surface area (Å²) in [5, 5.41) is 3.33. The number of Topliss-reactive ketones (excluding diaryl/α,β-unsaturated/α-hetero) is 1. The summed E-state index contributed by atoms with van der Waals surface area (Å²) in [5.41, 5.74) is 7.75. The van der Waals surface area contributed by atoms with Crippen molar-refractivity contribution in [1.29, 1.82) is 0 Å². The van der Waals surface area contributed by atoms with Gasteiger partial charge in [0.25, 0.3) is 0 Å². The van der Waals surface area contributed by atoms with Crippen molar-refractivity contribution in [2.24, 2.45) is 11.1 Å². The van der Waals surface area contributed by atoms with E-state index in [9.17, 15) is 9.59 Å². The third-order valence-electron chi connectivity index (χ3n) is 5.17. The Morgan fingerprint density at radius 3 is 2.72 bits per heavy atom. The van der Waals surface area contributed by atoms with Crippen LogP contribution in [0.3, 0.4) is 0 Å². The van der Waals surface area contributed by atoms with E-state index in [1.807, 2.05) is 19.1 Å². The third-order valence-corrected chi connectivity index (χ3v) is 5.17. The van der Waals surface area contributed by atoms with Crippen molar-refractivity contribution in [2.45, 2.75) is 46.5 Å². The fourth-order valence-electron chi connectivity index (χ4n) is 4.06. The van der Waals surface area contributed by atoms with Crippen molar-refractivity contribution in [3.63, 3.8) is 0 Å². The number of carbonyl (C=O) groups excluding carboxylic acids is 2. The van der Waals surface area contributed by atoms with E-state index >= 15 is 0 Å². The van der Waals surface area contributed by atoms with Gasteiger partial charge in [-0.25, -0.2) is 4.79 Å². The van der Waals surface area contributed by atoms with E-state index in [1.54, 1.807) is 6.92 Å². The van der Waals surface area contributed by atoms with Crippen LogP contribution in [-0.2, 0) is 19.1 Å². The quantitative estimate of drug-likeness (QED) is 0.534. The molecule has 0 saturated heterocycles. The van der Waals surface area contributed by atoms with Gasteiger partial charge in [0.2, 0.25) is 0 Å². The minimum Gasteiger partial charge on any atom is -0.465 e. The Morgan fingerprint density at radius 1 is 1.34 bits per heavy atom. The summed E-state index contributed by atoms with van der Waals surface area (Å²) >= 11 is 0. The Hall–Kier alpha value is -2.38. The van der Waals surface area contributed by atoms with Crippen molar-refractivity contribution >= 4 is 11.8 Å². The van der Waals surface area contributed by atoms with Gasteiger partial charge in [-0.3, -0.25) is 4.79 Å². The van der Waals surface area contributed by atoms with Crippen molar-refractivity contribution < 1.29 is 23.5 Å². The zero-order chi connectivity index (χ0) is 21.2. The number of ketones is 1. The summed E-state index contributed by atoms with van der Waals surface area (Å²) in [7, 11) is 0. The number of ether oxygens (including phenoxy) is 2. The van der Waals surface area contributed by atoms with Crippen LogP contribution in [0, 0.1) is 12.3 Å². The van der Waals surface area contributed by atoms with Gasteiger partial charge in [0, 0.05) is 24.2 Å². The highest BCUT2D eigenvalue weighted by Gasteiger charge is 2.45. The first-order chi connectivity index (χ1) is 13.8. The van der Waals surface area contributed by atoms with E-state index < -0.39 is 11.9 Å². The topological polar surface area (TPSA) is 104 Å². The monoisotopic (exact) mass is 402 g/mol. The van der Waals surface area contributed by atoms with Gasteiger partial charge in [0.05, 0.1) is 37.0 Å². The fourth-order valence-corrected chi connectivity index (χ4v) is 4.06. The molecule has 0 amide bonds. The van der Waals surface area contributed by atoms with E-state index in [2.05, 4.69) is 19.2 Å². The second-order valence-electron chi connectivity index (χ2n) is 8.29. The minimum absolute atomic E-state index is 0.0199. The van der Waals surface area contributed by atoms with Crippen molar-refractivity contribution in [3.8, 4) is 0 Å². The maximum absolute atomic E-state index is 13.2. The highest BCUT2D eigenvalue weighted by Crippen LogP contribution is 2.47. The summed E-state index contributed by atoms with van der Waals surface area (Å²) < 4.78 is 16.9. The number of nitrogens with two attached hydrogens (primary N) is 1. The Balaban J connectivity index is 2.14. The molecule has 1 aliphatic carbocycles. The first kappa shape index (κ1) is 21.3. The first-order valence-corrected chi connectivity index (χ1v) is 10.0. The zero-order valence-electron chi connectivity index (χ0n) is 17.6. The van der Waals surface area contributed by atoms with Crippen LogP contribution in [0.15, 0.2) is 39.1 Å². The lowest BCUT2D eigenvalue weighted by atomic mass is 9.69. The van der Waals surface area contributed by atoms with Gasteiger partial charge in [0.1, 0.15) is 11.5 Å². The molecule has 0 saturated carbocycles. The number of allylic oxidation sites excluding steroid dienone is 2. The molecule has 1 aromatic heterocycles. The molecule has 1 atom stereocenters. The number of dihydropyridines is 1. The van der Waals surface area contributed by atoms with Crippen molar-refractivity contribution in [2.75, 3.05) is 26.4 Å². The summed E-state index contributed by atoms with van der Waals surface area (Å²) in [5.74, 6) is 0.206. The average Bonchev–Trinajstić information content (AvgIpc) is 3.06. The molecule has 0 spiro atoms. The molecule has 3 rings (SSSR count). The molecular weight excluding hydrogens is 372 g/mol. The Kier molecular flexibility index (Phi) is 6.29. The van der Waals surface area contributed by atoms with Gasteiger partial charge in [-0.1, -0.05) is 13.8 Å². The largest absolute Gasteiger partial charge is 0.465 e. The van der Waals surface area contributed by atoms with Crippen LogP contribution < -0.4 is 11.1 Å². The molecule has 2 aliphatic rings. The highest BCUT2D eigenvalue weighted by molar-refractivity contribution is 6.04. The summed E-state index contributed by atoms with van der Waals surface area (Å²) in [6.45, 7) is 8.87. The minimum atomic E-state index is -0.612. The number of nitrogens with one attached hydrogen (secondary N) is 1. The predicted octanol–water partition coefficient (Wildman–Crippen LogP) is 2.71. The average molecular weight is 402 g/mol. The summed E-state index contributed by atoms with van der Waals surface area (Å²) in [4.78, 5) is 26.1. The van der Waals surface area contributed by atoms with E-state index in [-0.39, 0.29) is 24.4 Å². The lowest BCUT2D eigenvalue weighted by Crippen LogP contribution is -2.40. The van der Waals surface area contributed by atoms with Crippen molar-refractivity contribution in [3.05, 3.63) is 46.2 Å². The fraction of sp³-hybridized carbons (Fsp3) is 0.545. The molecule has 3 N–H and O–H groups in total. The third kappa shape index (κ3) is 4.46. The van der Waals surface area contributed by atoms with Gasteiger partial charge in [-0.2, -0.15) is 0 Å². The molecule has 1 aliphatic heterocycles. The lowest BCUT2D eigenvalue weighted by Gasteiger charge is -2.39. The molecule has 7 nitrogen and oxygen atoms in total. The molecule has 0 fully saturated rings. The smallest absolute Gasteiger partial charge is 0.336 e. The first-order valence-electron chi connectivity index (χ1n) is 10.0. The summed E-state index contributed by atoms with van der Waals surface area (Å²) in [6.07, 6.45) is 1.11. The zero-order valence-corrected chi connectivity index (χ0v) is 17.6. The van der Waals surface area contributed by atoms with Crippen LogP contribution in [0.1, 0.15) is 51.1 Å². The van der Waals surface area contributed by atoms with Crippen LogP contribution in [-0.4, -0.2) is 38.1 Å². The Morgan fingerprint density at radius 2 is 2.10 bits per heavy atom. The Labute approximate surface area is 171 Å². The molecule has 0 bridgehead atoms. The van der Waals surface area contributed by atoms with Crippen molar-refractivity contribution in [1.82, 2.24) is 5.32 Å². The van der Waals surface area contributed by atoms with E-state index in [0.717, 1.165) is 5.70 Å². The van der Waals surface area contributed by atoms with Crippen LogP contribution >= 0.6 is 0 Å². The molecule has 0 aromatic carbocycles. The number of rotatable bonds is 7. The second kappa shape index (κ2) is 8.55. The molecule has 2 heterocycles. The van der Waals surface area contributed by atoms with Gasteiger partial charge < -0.3 is 24.9 Å². The normalized spacial score (nSPS) is 21.1. The molecule has 7 heteroatoms. The van der Waals surface area contributed by atoms with Gasteiger partial charge in [-0.15, -0.1) is 0 Å². The Bertz CT molecular complexity index is 862. The standard InChI is InChI=1S/C22H30N2O5/c1-5-28-21(26)19-15(12-27-9-8-23)24-14-10-22(3,4)11-16(25)18(14)20(19)17-7-6-13(2)29-17/h6-7,20,24H,5,8-12,23H2,1-4H3. The maximum atomic E-state index is 13.2. The number of carbonyl (C=O) groups is 2. The molecule has 1 aromatic rings. The predicted molar refractivity (Wildman–Crippen MR) is 108 cm³/mol. The van der Waals surface area contributed by atoms with E-state index in [4.69, 9.17) is 19.6 Å². The second-order valence-corrected chi connectivity index (χ2v) is 8.29. The van der Waals surface area contributed by atoms with Crippen LogP contribution in [0.4, 0.5) is 0 Å². The molecule has 1 unspecified atom stereocenters. The van der Waals surface area contributed by atoms with Gasteiger partial charge in [-0.05, 0) is 37.8 Å². The molecule has 29 heavy (non-hydrogen) atoms. The highest BCUT2D eigenvalue weighted by atomic mass is 16.5. The number of furan rings is 1. The van der Waals surface area contributed by atoms with Gasteiger partial charge in [0.15, 0.2) is 5.78 Å². The van der Waals surface area contributed by atoms with Crippen LogP contribution in [0.5, 0.6) is 0 Å². The molecule has 158 valence electrons. The summed E-state index contributed by atoms with van der Waals surface area (Å²) in [6, 6.07) is 3.66. The molecular formula is C22H30N2O5. The molecule has 0 radical (unpaired) electrons. The van der Waals surface area contributed by atoms with Gasteiger partial charge >= 0.3 is 5.97 Å². The number of hydrogen-bond donors (Lipinski definition) is 2. The number of esters is 1. The van der Waals surface area contributed by atoms with E-state index in [1.165, 1.54) is 0 Å².